The Kier molecular flexibility index (Phi) is 1.70. The number of benzene rings is 1. The molecule has 0 fully saturated rings. The van der Waals surface area contributed by atoms with Gasteiger partial charge in [-0.15, -0.1) is 0 Å². The Morgan fingerprint density at radius 1 is 1.53 bits per heavy atom. The monoisotopic (exact) mass is 213 g/mol. The van der Waals surface area contributed by atoms with Crippen molar-refractivity contribution in [2.75, 3.05) is 0 Å². The predicted octanol–water partition coefficient (Wildman–Crippen LogP) is 3.07. The molecule has 0 saturated carbocycles. The van der Waals surface area contributed by atoms with Crippen molar-refractivity contribution in [3.63, 3.8) is 0 Å². The number of carboxylic acids is 1. The highest BCUT2D eigenvalue weighted by molar-refractivity contribution is 5.75. The van der Waals surface area contributed by atoms with Crippen molar-refractivity contribution in [3.8, 4) is 0 Å². The molecule has 2 unspecified atom stereocenters. The Labute approximate surface area is 101 Å². The second kappa shape index (κ2) is 4.96. The predicted molar refractivity (Wildman–Crippen MR) is 61.0 cm³/mol. The lowest BCUT2D eigenvalue weighted by Gasteiger charge is -2.09. The molecule has 0 radical (unpaired) electrons. The Morgan fingerprint density at radius 3 is 2.60 bits per heavy atom. The van der Waals surface area contributed by atoms with Crippen molar-refractivity contribution in [3.05, 3.63) is 35.4 Å². The van der Waals surface area contributed by atoms with Gasteiger partial charge >= 0.3 is 5.97 Å². The number of hydrogen-bond acceptors (Lipinski definition) is 1. The molecule has 0 heterocycles. The molecule has 0 bridgehead atoms. The zero-order valence-electron chi connectivity index (χ0n) is 15.7. The molecule has 1 aromatic rings. The van der Waals surface area contributed by atoms with Crippen molar-refractivity contribution in [2.24, 2.45) is 5.89 Å². The van der Waals surface area contributed by atoms with Gasteiger partial charge < -0.3 is 5.11 Å². The zero-order chi connectivity index (χ0) is 17.6. The standard InChI is InChI=1S/C13H18O2/c1-9(2)8-11-4-6-12(7-5-11)10(3)13(14)15/h4-7,9-10H,8H2,1-3H3,(H,14,15)/i1D3,8D2,9D,10D. The molecule has 1 rings (SSSR count). The molecule has 0 aliphatic heterocycles. The number of carbonyl (C=O) groups is 1. The first kappa shape index (κ1) is 5.15. The van der Waals surface area contributed by atoms with Gasteiger partial charge in [0.05, 0.1) is 5.89 Å². The molecule has 0 saturated heterocycles. The van der Waals surface area contributed by atoms with Crippen LogP contribution in [0.25, 0.3) is 0 Å². The summed E-state index contributed by atoms with van der Waals surface area (Å²) in [4.78, 5) is 11.0. The van der Waals surface area contributed by atoms with Gasteiger partial charge in [0, 0.05) is 9.60 Å². The van der Waals surface area contributed by atoms with Gasteiger partial charge in [0.1, 0.15) is 0 Å². The van der Waals surface area contributed by atoms with Crippen LogP contribution in [-0.2, 0) is 11.2 Å². The van der Waals surface area contributed by atoms with Gasteiger partial charge in [-0.2, -0.15) is 0 Å². The van der Waals surface area contributed by atoms with Crippen molar-refractivity contribution in [1.29, 1.82) is 0 Å². The van der Waals surface area contributed by atoms with Crippen LogP contribution >= 0.6 is 0 Å². The van der Waals surface area contributed by atoms with Crippen LogP contribution in [-0.4, -0.2) is 11.1 Å². The molecule has 2 atom stereocenters. The van der Waals surface area contributed by atoms with Gasteiger partial charge in [0.15, 0.2) is 0 Å². The molecule has 1 N–H and O–H groups in total. The van der Waals surface area contributed by atoms with E-state index in [2.05, 4.69) is 0 Å². The molecule has 0 amide bonds. The van der Waals surface area contributed by atoms with Gasteiger partial charge in [-0.3, -0.25) is 4.79 Å². The first-order valence-electron chi connectivity index (χ1n) is 8.00. The molecular formula is C13H18O2. The summed E-state index contributed by atoms with van der Waals surface area (Å²) in [5, 5.41) is 8.99. The summed E-state index contributed by atoms with van der Waals surface area (Å²) in [7, 11) is 0. The van der Waals surface area contributed by atoms with Crippen molar-refractivity contribution < 1.29 is 19.5 Å². The summed E-state index contributed by atoms with van der Waals surface area (Å²) >= 11 is 0. The number of hydrogen-bond donors (Lipinski definition) is 1. The summed E-state index contributed by atoms with van der Waals surface area (Å²) in [6.45, 7) is -0.643. The SMILES string of the molecule is [2H]C(C)(C(=O)O)c1ccc(C([2H])([2H])C([2H])(C)C([2H])([2H])[2H])cc1. The second-order valence-electron chi connectivity index (χ2n) is 3.26. The van der Waals surface area contributed by atoms with Gasteiger partial charge in [0.2, 0.25) is 0 Å². The summed E-state index contributed by atoms with van der Waals surface area (Å²) < 4.78 is 53.6. The van der Waals surface area contributed by atoms with E-state index < -0.39 is 31.0 Å². The normalized spacial score (nSPS) is 27.5. The van der Waals surface area contributed by atoms with Crippen LogP contribution in [0.1, 0.15) is 47.3 Å². The Balaban J connectivity index is 3.28. The fraction of sp³-hybridized carbons (Fsp3) is 0.462. The van der Waals surface area contributed by atoms with Crippen LogP contribution in [0, 0.1) is 5.89 Å². The van der Waals surface area contributed by atoms with Crippen molar-refractivity contribution >= 4 is 5.97 Å². The van der Waals surface area contributed by atoms with E-state index in [4.69, 9.17) is 14.7 Å². The highest BCUT2D eigenvalue weighted by atomic mass is 16.4. The maximum absolute atomic E-state index is 11.0. The minimum absolute atomic E-state index is 0.0499. The lowest BCUT2D eigenvalue weighted by Crippen LogP contribution is -2.07. The van der Waals surface area contributed by atoms with E-state index in [0.717, 1.165) is 6.92 Å². The molecule has 0 aliphatic carbocycles. The molecule has 82 valence electrons. The van der Waals surface area contributed by atoms with E-state index in [1.165, 1.54) is 31.2 Å². The highest BCUT2D eigenvalue weighted by Crippen LogP contribution is 2.17. The van der Waals surface area contributed by atoms with Crippen LogP contribution in [0.2, 0.25) is 0 Å². The summed E-state index contributed by atoms with van der Waals surface area (Å²) in [6.07, 6.45) is -2.47. The van der Waals surface area contributed by atoms with Crippen LogP contribution in [0.3, 0.4) is 0 Å². The average molecular weight is 213 g/mol. The second-order valence-corrected chi connectivity index (χ2v) is 3.26. The molecule has 0 aromatic heterocycles. The molecule has 0 aliphatic rings. The number of aliphatic carboxylic acids is 1. The summed E-state index contributed by atoms with van der Waals surface area (Å²) in [6, 6.07) is 4.99. The molecular weight excluding hydrogens is 188 g/mol. The third kappa shape index (κ3) is 3.39. The fourth-order valence-corrected chi connectivity index (χ4v) is 1.14. The van der Waals surface area contributed by atoms with E-state index >= 15 is 0 Å². The molecule has 2 heteroatoms. The highest BCUT2D eigenvalue weighted by Gasteiger charge is 2.12. The van der Waals surface area contributed by atoms with Gasteiger partial charge in [-0.1, -0.05) is 38.0 Å². The van der Waals surface area contributed by atoms with Crippen LogP contribution in [0.5, 0.6) is 0 Å². The topological polar surface area (TPSA) is 37.3 Å². The zero-order valence-corrected chi connectivity index (χ0v) is 8.66. The molecule has 1 aromatic carbocycles. The Bertz CT molecular complexity index is 559. The van der Waals surface area contributed by atoms with E-state index in [0.29, 0.717) is 0 Å². The Hall–Kier alpha value is -1.31. The molecule has 15 heavy (non-hydrogen) atoms. The third-order valence-corrected chi connectivity index (χ3v) is 1.97. The van der Waals surface area contributed by atoms with Gasteiger partial charge in [-0.05, 0) is 30.3 Å². The van der Waals surface area contributed by atoms with Gasteiger partial charge in [0.25, 0.3) is 0 Å². The van der Waals surface area contributed by atoms with E-state index in [1.54, 1.807) is 0 Å². The maximum Gasteiger partial charge on any atom is 0.310 e. The lowest BCUT2D eigenvalue weighted by atomic mass is 9.97. The van der Waals surface area contributed by atoms with Crippen molar-refractivity contribution in [2.45, 2.75) is 33.0 Å². The summed E-state index contributed by atoms with van der Waals surface area (Å²) in [5.74, 6) is -5.62. The van der Waals surface area contributed by atoms with Crippen LogP contribution < -0.4 is 0 Å². The average Bonchev–Trinajstić information content (AvgIpc) is 2.37. The first-order chi connectivity index (χ1) is 9.65. The number of carboxylic acid groups (broad SMARTS) is 1. The van der Waals surface area contributed by atoms with Crippen LogP contribution in [0.15, 0.2) is 24.3 Å². The largest absolute Gasteiger partial charge is 0.481 e. The third-order valence-electron chi connectivity index (χ3n) is 1.97. The minimum Gasteiger partial charge on any atom is -0.481 e. The first-order valence-corrected chi connectivity index (χ1v) is 4.50. The molecule has 2 nitrogen and oxygen atoms in total. The smallest absolute Gasteiger partial charge is 0.310 e. The van der Waals surface area contributed by atoms with Gasteiger partial charge in [-0.25, -0.2) is 0 Å². The minimum atomic E-state index is -2.83. The lowest BCUT2D eigenvalue weighted by molar-refractivity contribution is -0.138. The molecule has 0 spiro atoms. The Morgan fingerprint density at radius 2 is 2.13 bits per heavy atom. The van der Waals surface area contributed by atoms with E-state index in [9.17, 15) is 4.79 Å². The van der Waals surface area contributed by atoms with E-state index in [1.807, 2.05) is 0 Å². The van der Waals surface area contributed by atoms with Crippen molar-refractivity contribution in [1.82, 2.24) is 0 Å². The number of rotatable bonds is 4. The maximum atomic E-state index is 11.0. The van der Waals surface area contributed by atoms with E-state index in [-0.39, 0.29) is 11.1 Å². The van der Waals surface area contributed by atoms with Crippen LogP contribution in [0.4, 0.5) is 0 Å². The fourth-order valence-electron chi connectivity index (χ4n) is 1.14. The summed E-state index contributed by atoms with van der Waals surface area (Å²) in [5.41, 5.74) is 0.0891. The quantitative estimate of drug-likeness (QED) is 0.834.